The summed E-state index contributed by atoms with van der Waals surface area (Å²) in [5, 5.41) is 0. The lowest BCUT2D eigenvalue weighted by atomic mass is 9.72. The van der Waals surface area contributed by atoms with E-state index in [0.29, 0.717) is 23.7 Å². The second-order valence-corrected chi connectivity index (χ2v) is 5.75. The minimum absolute atomic E-state index is 0.396. The van der Waals surface area contributed by atoms with Gasteiger partial charge in [0.2, 0.25) is 0 Å². The third-order valence-corrected chi connectivity index (χ3v) is 4.53. The molecule has 0 aromatic carbocycles. The van der Waals surface area contributed by atoms with Crippen LogP contribution in [0.5, 0.6) is 0 Å². The molecule has 0 radical (unpaired) electrons. The van der Waals surface area contributed by atoms with Gasteiger partial charge in [0, 0.05) is 11.5 Å². The molecule has 3 atom stereocenters. The van der Waals surface area contributed by atoms with Gasteiger partial charge in [-0.3, -0.25) is 4.90 Å². The van der Waals surface area contributed by atoms with Crippen LogP contribution in [0.2, 0.25) is 0 Å². The Bertz CT molecular complexity index is 232. The molecule has 3 rings (SSSR count). The Labute approximate surface area is 86.6 Å². The highest BCUT2D eigenvalue weighted by molar-refractivity contribution is 5.07. The molecule has 2 bridgehead atoms. The summed E-state index contributed by atoms with van der Waals surface area (Å²) in [6.45, 7) is 7.42. The van der Waals surface area contributed by atoms with Crippen molar-refractivity contribution < 1.29 is 4.74 Å². The fraction of sp³-hybridized carbons (Fsp3) is 1.00. The predicted octanol–water partition coefficient (Wildman–Crippen LogP) is 2.04. The standard InChI is InChI=1S/C12H21NO/c1-12(2)10-6-5-9(14-10)11(12)13-7-3-4-8-13/h9-11H,3-8H2,1-2H3. The van der Waals surface area contributed by atoms with E-state index in [9.17, 15) is 0 Å². The highest BCUT2D eigenvalue weighted by Gasteiger charge is 2.56. The average molecular weight is 195 g/mol. The second kappa shape index (κ2) is 2.96. The van der Waals surface area contributed by atoms with Crippen molar-refractivity contribution in [1.29, 1.82) is 0 Å². The first kappa shape index (κ1) is 9.17. The van der Waals surface area contributed by atoms with Crippen LogP contribution in [-0.2, 0) is 4.74 Å². The van der Waals surface area contributed by atoms with E-state index in [2.05, 4.69) is 18.7 Å². The molecule has 3 unspecified atom stereocenters. The number of fused-ring (bicyclic) bond motifs is 2. The maximum atomic E-state index is 6.07. The van der Waals surface area contributed by atoms with Gasteiger partial charge in [0.25, 0.3) is 0 Å². The summed E-state index contributed by atoms with van der Waals surface area (Å²) >= 11 is 0. The zero-order valence-corrected chi connectivity index (χ0v) is 9.33. The molecule has 0 spiro atoms. The van der Waals surface area contributed by atoms with Crippen molar-refractivity contribution in [3.05, 3.63) is 0 Å². The van der Waals surface area contributed by atoms with Crippen molar-refractivity contribution in [3.8, 4) is 0 Å². The van der Waals surface area contributed by atoms with Gasteiger partial charge in [-0.2, -0.15) is 0 Å². The Morgan fingerprint density at radius 1 is 1.14 bits per heavy atom. The van der Waals surface area contributed by atoms with Gasteiger partial charge in [-0.15, -0.1) is 0 Å². The summed E-state index contributed by atoms with van der Waals surface area (Å²) in [5.41, 5.74) is 0.396. The molecule has 0 aliphatic carbocycles. The van der Waals surface area contributed by atoms with Crippen LogP contribution in [0.1, 0.15) is 39.5 Å². The van der Waals surface area contributed by atoms with Crippen molar-refractivity contribution in [2.45, 2.75) is 57.8 Å². The third kappa shape index (κ3) is 1.10. The molecule has 2 heteroatoms. The van der Waals surface area contributed by atoms with Crippen LogP contribution >= 0.6 is 0 Å². The quantitative estimate of drug-likeness (QED) is 0.635. The Balaban J connectivity index is 1.84. The van der Waals surface area contributed by atoms with E-state index >= 15 is 0 Å². The highest BCUT2D eigenvalue weighted by Crippen LogP contribution is 2.50. The minimum atomic E-state index is 0.396. The molecule has 3 heterocycles. The summed E-state index contributed by atoms with van der Waals surface area (Å²) in [6.07, 6.45) is 6.47. The Hall–Kier alpha value is -0.0800. The van der Waals surface area contributed by atoms with Gasteiger partial charge in [-0.25, -0.2) is 0 Å². The molecule has 0 N–H and O–H groups in total. The zero-order valence-electron chi connectivity index (χ0n) is 9.33. The van der Waals surface area contributed by atoms with E-state index in [1.807, 2.05) is 0 Å². The molecule has 3 saturated heterocycles. The van der Waals surface area contributed by atoms with Gasteiger partial charge >= 0.3 is 0 Å². The van der Waals surface area contributed by atoms with E-state index in [4.69, 9.17) is 4.74 Å². The van der Waals surface area contributed by atoms with E-state index < -0.39 is 0 Å². The predicted molar refractivity (Wildman–Crippen MR) is 56.3 cm³/mol. The van der Waals surface area contributed by atoms with Crippen LogP contribution in [0, 0.1) is 5.41 Å². The van der Waals surface area contributed by atoms with Gasteiger partial charge < -0.3 is 4.74 Å². The van der Waals surface area contributed by atoms with Gasteiger partial charge in [-0.05, 0) is 38.8 Å². The Kier molecular flexibility index (Phi) is 1.94. The first-order valence-corrected chi connectivity index (χ1v) is 6.09. The first-order chi connectivity index (χ1) is 6.69. The lowest BCUT2D eigenvalue weighted by Crippen LogP contribution is -2.50. The van der Waals surface area contributed by atoms with Crippen LogP contribution in [0.25, 0.3) is 0 Å². The smallest absolute Gasteiger partial charge is 0.0741 e. The van der Waals surface area contributed by atoms with Crippen LogP contribution in [0.4, 0.5) is 0 Å². The number of likely N-dealkylation sites (tertiary alicyclic amines) is 1. The molecule has 2 nitrogen and oxygen atoms in total. The Morgan fingerprint density at radius 3 is 2.43 bits per heavy atom. The van der Waals surface area contributed by atoms with E-state index in [0.717, 1.165) is 0 Å². The first-order valence-electron chi connectivity index (χ1n) is 6.09. The number of hydrogen-bond acceptors (Lipinski definition) is 2. The number of ether oxygens (including phenoxy) is 1. The lowest BCUT2D eigenvalue weighted by Gasteiger charge is -2.40. The number of nitrogens with zero attached hydrogens (tertiary/aromatic N) is 1. The summed E-state index contributed by atoms with van der Waals surface area (Å²) < 4.78 is 6.07. The maximum Gasteiger partial charge on any atom is 0.0741 e. The number of hydrogen-bond donors (Lipinski definition) is 0. The summed E-state index contributed by atoms with van der Waals surface area (Å²) in [6, 6.07) is 0.712. The average Bonchev–Trinajstić information content (AvgIpc) is 2.75. The van der Waals surface area contributed by atoms with Gasteiger partial charge in [0.05, 0.1) is 12.2 Å². The van der Waals surface area contributed by atoms with E-state index in [1.165, 1.54) is 38.8 Å². The van der Waals surface area contributed by atoms with Crippen molar-refractivity contribution in [1.82, 2.24) is 4.90 Å². The molecular formula is C12H21NO. The van der Waals surface area contributed by atoms with E-state index in [-0.39, 0.29) is 0 Å². The fourth-order valence-electron chi connectivity index (χ4n) is 3.84. The molecule has 0 aromatic rings. The van der Waals surface area contributed by atoms with Gasteiger partial charge in [0.1, 0.15) is 0 Å². The molecule has 3 fully saturated rings. The normalized spacial score (nSPS) is 46.3. The van der Waals surface area contributed by atoms with Gasteiger partial charge in [-0.1, -0.05) is 13.8 Å². The second-order valence-electron chi connectivity index (χ2n) is 5.75. The van der Waals surface area contributed by atoms with Crippen molar-refractivity contribution >= 4 is 0 Å². The van der Waals surface area contributed by atoms with Crippen LogP contribution in [0.15, 0.2) is 0 Å². The summed E-state index contributed by atoms with van der Waals surface area (Å²) in [7, 11) is 0. The van der Waals surface area contributed by atoms with Crippen molar-refractivity contribution in [3.63, 3.8) is 0 Å². The maximum absolute atomic E-state index is 6.07. The van der Waals surface area contributed by atoms with Crippen LogP contribution < -0.4 is 0 Å². The SMILES string of the molecule is CC1(C)C2CCC(O2)C1N1CCCC1. The van der Waals surface area contributed by atoms with Gasteiger partial charge in [0.15, 0.2) is 0 Å². The van der Waals surface area contributed by atoms with Crippen molar-refractivity contribution in [2.75, 3.05) is 13.1 Å². The molecule has 80 valence electrons. The molecule has 3 aliphatic rings. The van der Waals surface area contributed by atoms with E-state index in [1.54, 1.807) is 0 Å². The molecule has 0 amide bonds. The zero-order chi connectivity index (χ0) is 9.76. The summed E-state index contributed by atoms with van der Waals surface area (Å²) in [4.78, 5) is 2.68. The molecule has 0 saturated carbocycles. The molecule has 14 heavy (non-hydrogen) atoms. The van der Waals surface area contributed by atoms with Crippen molar-refractivity contribution in [2.24, 2.45) is 5.41 Å². The number of rotatable bonds is 1. The Morgan fingerprint density at radius 2 is 1.86 bits per heavy atom. The highest BCUT2D eigenvalue weighted by atomic mass is 16.5. The molecular weight excluding hydrogens is 174 g/mol. The third-order valence-electron chi connectivity index (χ3n) is 4.53. The van der Waals surface area contributed by atoms with Crippen LogP contribution in [0.3, 0.4) is 0 Å². The molecule has 0 aromatic heterocycles. The topological polar surface area (TPSA) is 12.5 Å². The molecule has 3 aliphatic heterocycles. The van der Waals surface area contributed by atoms with Crippen LogP contribution in [-0.4, -0.2) is 36.2 Å². The largest absolute Gasteiger partial charge is 0.373 e. The lowest BCUT2D eigenvalue weighted by molar-refractivity contribution is 0.0731. The fourth-order valence-corrected chi connectivity index (χ4v) is 3.84. The monoisotopic (exact) mass is 195 g/mol. The summed E-state index contributed by atoms with van der Waals surface area (Å²) in [5.74, 6) is 0. The minimum Gasteiger partial charge on any atom is -0.373 e.